The van der Waals surface area contributed by atoms with Gasteiger partial charge in [-0.2, -0.15) is 0 Å². The van der Waals surface area contributed by atoms with Crippen molar-refractivity contribution in [3.8, 4) is 0 Å². The summed E-state index contributed by atoms with van der Waals surface area (Å²) in [7, 11) is 1.52. The van der Waals surface area contributed by atoms with Gasteiger partial charge in [-0.15, -0.1) is 0 Å². The summed E-state index contributed by atoms with van der Waals surface area (Å²) in [5, 5.41) is 2.72. The molecule has 0 spiro atoms. The Hall–Kier alpha value is -1.29. The molecular formula is C7H8ClN3O. The van der Waals surface area contributed by atoms with Gasteiger partial charge in [0.25, 0.3) is 5.91 Å². The molecule has 1 heterocycles. The summed E-state index contributed by atoms with van der Waals surface area (Å²) >= 11 is 5.54. The summed E-state index contributed by atoms with van der Waals surface area (Å²) in [6.07, 6.45) is 0. The minimum atomic E-state index is -0.267. The second-order valence-corrected chi connectivity index (χ2v) is 2.53. The Morgan fingerprint density at radius 1 is 1.67 bits per heavy atom. The smallest absolute Gasteiger partial charge is 0.254 e. The third-order valence-corrected chi connectivity index (χ3v) is 1.57. The van der Waals surface area contributed by atoms with E-state index in [1.807, 2.05) is 0 Å². The van der Waals surface area contributed by atoms with Gasteiger partial charge in [0, 0.05) is 7.05 Å². The molecule has 1 aromatic heterocycles. The number of carbonyl (C=O) groups is 1. The van der Waals surface area contributed by atoms with Crippen LogP contribution in [0.5, 0.6) is 0 Å². The topological polar surface area (TPSA) is 68.0 Å². The van der Waals surface area contributed by atoms with Gasteiger partial charge >= 0.3 is 0 Å². The summed E-state index contributed by atoms with van der Waals surface area (Å²) < 4.78 is 0. The molecule has 0 aliphatic heterocycles. The summed E-state index contributed by atoms with van der Waals surface area (Å²) in [5.74, 6) is -0.126. The van der Waals surface area contributed by atoms with E-state index in [0.29, 0.717) is 5.56 Å². The van der Waals surface area contributed by atoms with Crippen LogP contribution in [0.4, 0.5) is 5.82 Å². The molecule has 5 heteroatoms. The minimum absolute atomic E-state index is 0.141. The van der Waals surface area contributed by atoms with Gasteiger partial charge in [-0.3, -0.25) is 4.79 Å². The number of nitrogens with one attached hydrogen (secondary N) is 1. The molecule has 0 saturated heterocycles. The maximum atomic E-state index is 11.1. The van der Waals surface area contributed by atoms with Crippen molar-refractivity contribution in [3.63, 3.8) is 0 Å². The van der Waals surface area contributed by atoms with Crippen molar-refractivity contribution in [2.75, 3.05) is 12.8 Å². The van der Waals surface area contributed by atoms with Gasteiger partial charge in [0.2, 0.25) is 0 Å². The first-order valence-electron chi connectivity index (χ1n) is 3.29. The van der Waals surface area contributed by atoms with Gasteiger partial charge in [-0.1, -0.05) is 11.6 Å². The number of halogens is 1. The zero-order valence-corrected chi connectivity index (χ0v) is 7.22. The average molecular weight is 186 g/mol. The molecule has 64 valence electrons. The molecule has 1 rings (SSSR count). The van der Waals surface area contributed by atoms with E-state index in [0.717, 1.165) is 0 Å². The number of nitrogens with two attached hydrogens (primary N) is 1. The number of aromatic nitrogens is 1. The Balaban J connectivity index is 3.09. The van der Waals surface area contributed by atoms with Crippen LogP contribution >= 0.6 is 11.6 Å². The quantitative estimate of drug-likeness (QED) is 0.633. The molecule has 0 atom stereocenters. The highest BCUT2D eigenvalue weighted by molar-refractivity contribution is 6.29. The number of anilines is 1. The lowest BCUT2D eigenvalue weighted by Crippen LogP contribution is -2.19. The number of rotatable bonds is 1. The number of nitrogen functional groups attached to an aromatic ring is 1. The number of carbonyl (C=O) groups excluding carboxylic acids is 1. The van der Waals surface area contributed by atoms with Crippen molar-refractivity contribution in [1.82, 2.24) is 10.3 Å². The van der Waals surface area contributed by atoms with Gasteiger partial charge in [0.1, 0.15) is 11.0 Å². The minimum Gasteiger partial charge on any atom is -0.383 e. The second-order valence-electron chi connectivity index (χ2n) is 2.15. The molecule has 0 aliphatic carbocycles. The highest BCUT2D eigenvalue weighted by atomic mass is 35.5. The van der Waals surface area contributed by atoms with Crippen LogP contribution in [-0.2, 0) is 0 Å². The molecule has 3 N–H and O–H groups in total. The van der Waals surface area contributed by atoms with Crippen LogP contribution in [0.15, 0.2) is 12.1 Å². The van der Waals surface area contributed by atoms with Gasteiger partial charge in [-0.25, -0.2) is 4.98 Å². The van der Waals surface area contributed by atoms with E-state index < -0.39 is 0 Å². The normalized spacial score (nSPS) is 9.50. The number of hydrogen-bond acceptors (Lipinski definition) is 3. The number of hydrogen-bond donors (Lipinski definition) is 2. The standard InChI is InChI=1S/C7H8ClN3O/c1-10-7(12)4-2-3-5(8)11-6(4)9/h2-3H,1H3,(H2,9,11)(H,10,12). The van der Waals surface area contributed by atoms with E-state index in [1.54, 1.807) is 0 Å². The van der Waals surface area contributed by atoms with Crippen molar-refractivity contribution < 1.29 is 4.79 Å². The lowest BCUT2D eigenvalue weighted by molar-refractivity contribution is 0.0963. The van der Waals surface area contributed by atoms with Crippen molar-refractivity contribution in [2.24, 2.45) is 0 Å². The van der Waals surface area contributed by atoms with Crippen molar-refractivity contribution in [1.29, 1.82) is 0 Å². The van der Waals surface area contributed by atoms with Crippen LogP contribution in [0.3, 0.4) is 0 Å². The molecule has 0 aliphatic rings. The summed E-state index contributed by atoms with van der Waals surface area (Å²) in [4.78, 5) is 14.8. The monoisotopic (exact) mass is 185 g/mol. The lowest BCUT2D eigenvalue weighted by atomic mass is 10.2. The molecule has 0 unspecified atom stereocenters. The predicted molar refractivity (Wildman–Crippen MR) is 47.0 cm³/mol. The van der Waals surface area contributed by atoms with Gasteiger partial charge in [0.15, 0.2) is 0 Å². The molecule has 1 amide bonds. The Bertz CT molecular complexity index is 314. The third kappa shape index (κ3) is 1.65. The molecule has 0 aromatic carbocycles. The zero-order valence-electron chi connectivity index (χ0n) is 6.47. The van der Waals surface area contributed by atoms with Crippen LogP contribution in [0, 0.1) is 0 Å². The fourth-order valence-electron chi connectivity index (χ4n) is 0.777. The molecule has 1 aromatic rings. The first-order chi connectivity index (χ1) is 5.65. The van der Waals surface area contributed by atoms with Crippen LogP contribution < -0.4 is 11.1 Å². The van der Waals surface area contributed by atoms with Crippen LogP contribution in [-0.4, -0.2) is 17.9 Å². The molecule has 0 bridgehead atoms. The Kier molecular flexibility index (Phi) is 2.50. The molecule has 0 fully saturated rings. The van der Waals surface area contributed by atoms with E-state index in [-0.39, 0.29) is 16.9 Å². The summed E-state index contributed by atoms with van der Waals surface area (Å²) in [5.41, 5.74) is 5.78. The molecule has 12 heavy (non-hydrogen) atoms. The number of pyridine rings is 1. The van der Waals surface area contributed by atoms with E-state index in [9.17, 15) is 4.79 Å². The van der Waals surface area contributed by atoms with Gasteiger partial charge < -0.3 is 11.1 Å². The Morgan fingerprint density at radius 2 is 2.33 bits per heavy atom. The van der Waals surface area contributed by atoms with E-state index >= 15 is 0 Å². The first kappa shape index (κ1) is 8.80. The summed E-state index contributed by atoms with van der Waals surface area (Å²) in [6.45, 7) is 0. The van der Waals surface area contributed by atoms with Crippen molar-refractivity contribution in [3.05, 3.63) is 22.8 Å². The SMILES string of the molecule is CNC(=O)c1ccc(Cl)nc1N. The number of amides is 1. The molecule has 0 radical (unpaired) electrons. The average Bonchev–Trinajstić information content (AvgIpc) is 2.03. The van der Waals surface area contributed by atoms with E-state index in [4.69, 9.17) is 17.3 Å². The fraction of sp³-hybridized carbons (Fsp3) is 0.143. The first-order valence-corrected chi connectivity index (χ1v) is 3.67. The molecule has 0 saturated carbocycles. The summed E-state index contributed by atoms with van der Waals surface area (Å²) in [6, 6.07) is 3.05. The Labute approximate surface area is 74.7 Å². The van der Waals surface area contributed by atoms with Crippen LogP contribution in [0.1, 0.15) is 10.4 Å². The highest BCUT2D eigenvalue weighted by Gasteiger charge is 2.08. The maximum absolute atomic E-state index is 11.1. The lowest BCUT2D eigenvalue weighted by Gasteiger charge is -2.02. The van der Waals surface area contributed by atoms with Crippen molar-refractivity contribution >= 4 is 23.3 Å². The zero-order chi connectivity index (χ0) is 9.14. The molecular weight excluding hydrogens is 178 g/mol. The van der Waals surface area contributed by atoms with Crippen LogP contribution in [0.25, 0.3) is 0 Å². The third-order valence-electron chi connectivity index (χ3n) is 1.36. The van der Waals surface area contributed by atoms with E-state index in [1.165, 1.54) is 19.2 Å². The maximum Gasteiger partial charge on any atom is 0.254 e. The predicted octanol–water partition coefficient (Wildman–Crippen LogP) is 0.677. The molecule has 4 nitrogen and oxygen atoms in total. The van der Waals surface area contributed by atoms with Gasteiger partial charge in [-0.05, 0) is 12.1 Å². The number of nitrogens with zero attached hydrogens (tertiary/aromatic N) is 1. The second kappa shape index (κ2) is 3.40. The van der Waals surface area contributed by atoms with Crippen LogP contribution in [0.2, 0.25) is 5.15 Å². The van der Waals surface area contributed by atoms with Crippen molar-refractivity contribution in [2.45, 2.75) is 0 Å². The largest absolute Gasteiger partial charge is 0.383 e. The van der Waals surface area contributed by atoms with Gasteiger partial charge in [0.05, 0.1) is 5.56 Å². The fourth-order valence-corrected chi connectivity index (χ4v) is 0.931. The van der Waals surface area contributed by atoms with E-state index in [2.05, 4.69) is 10.3 Å². The Morgan fingerprint density at radius 3 is 2.83 bits per heavy atom. The highest BCUT2D eigenvalue weighted by Crippen LogP contribution is 2.12.